The first-order chi connectivity index (χ1) is 31.8. The summed E-state index contributed by atoms with van der Waals surface area (Å²) >= 11 is 0. The lowest BCUT2D eigenvalue weighted by molar-refractivity contribution is -0.149. The second-order valence-electron chi connectivity index (χ2n) is 16.3. The van der Waals surface area contributed by atoms with Crippen molar-refractivity contribution in [2.24, 2.45) is 5.73 Å². The summed E-state index contributed by atoms with van der Waals surface area (Å²) in [5, 5.41) is 10.3. The summed E-state index contributed by atoms with van der Waals surface area (Å²) in [5.74, 6) is -2.38. The number of nitrogens with one attached hydrogen (secondary N) is 1. The minimum Gasteiger partial charge on any atom is -0.415 e. The van der Waals surface area contributed by atoms with Crippen LogP contribution in [0.2, 0.25) is 0 Å². The molecule has 3 N–H and O–H groups in total. The van der Waals surface area contributed by atoms with E-state index in [9.17, 15) is 44.0 Å². The smallest absolute Gasteiger partial charge is 0.315 e. The van der Waals surface area contributed by atoms with Crippen molar-refractivity contribution >= 4 is 43.5 Å². The molecule has 2 aliphatic heterocycles. The van der Waals surface area contributed by atoms with E-state index in [-0.39, 0.29) is 56.5 Å². The Morgan fingerprint density at radius 3 is 1.55 bits per heavy atom. The van der Waals surface area contributed by atoms with Crippen molar-refractivity contribution in [2.75, 3.05) is 41.3 Å². The maximum Gasteiger partial charge on any atom is 0.315 e. The van der Waals surface area contributed by atoms with E-state index in [2.05, 4.69) is 15.5 Å². The third kappa shape index (κ3) is 12.2. The number of nitrogens with zero attached hydrogens (tertiary/aromatic N) is 7. The quantitative estimate of drug-likeness (QED) is 0.0941. The molecule has 0 saturated carbocycles. The van der Waals surface area contributed by atoms with Gasteiger partial charge in [-0.15, -0.1) is 10.2 Å². The van der Waals surface area contributed by atoms with Crippen LogP contribution in [0, 0.1) is 0 Å². The summed E-state index contributed by atoms with van der Waals surface area (Å²) in [6.45, 7) is 7.59. The van der Waals surface area contributed by atoms with Crippen LogP contribution < -0.4 is 19.7 Å². The average Bonchev–Trinajstić information content (AvgIpc) is 3.81. The van der Waals surface area contributed by atoms with Gasteiger partial charge in [0.25, 0.3) is 11.8 Å². The number of piperazine rings is 2. The summed E-state index contributed by atoms with van der Waals surface area (Å²) in [4.78, 5) is 24.8. The van der Waals surface area contributed by atoms with E-state index in [1.165, 1.54) is 31.1 Å². The molecule has 7 rings (SSSR count). The van der Waals surface area contributed by atoms with Gasteiger partial charge in [-0.1, -0.05) is 72.8 Å². The molecular formula is C45H53F4N9O7S2. The zero-order valence-corrected chi connectivity index (χ0v) is 38.8. The summed E-state index contributed by atoms with van der Waals surface area (Å²) in [6.07, 6.45) is -6.08. The van der Waals surface area contributed by atoms with Crippen molar-refractivity contribution in [3.8, 4) is 11.5 Å². The van der Waals surface area contributed by atoms with E-state index in [4.69, 9.17) is 10.2 Å². The molecule has 16 nitrogen and oxygen atoms in total. The first kappa shape index (κ1) is 50.6. The second kappa shape index (κ2) is 21.9. The largest absolute Gasteiger partial charge is 0.415 e. The summed E-state index contributed by atoms with van der Waals surface area (Å²) in [7, 11) is -7.89. The molecule has 67 heavy (non-hydrogen) atoms. The van der Waals surface area contributed by atoms with Crippen LogP contribution in [0.5, 0.6) is 0 Å². The normalized spacial score (nSPS) is 19.5. The Bertz CT molecular complexity index is 2630. The van der Waals surface area contributed by atoms with Crippen LogP contribution in [0.3, 0.4) is 0 Å². The van der Waals surface area contributed by atoms with Crippen molar-refractivity contribution in [3.63, 3.8) is 0 Å². The number of carbonyl (C=O) groups excluding carboxylic acids is 2. The van der Waals surface area contributed by atoms with Crippen LogP contribution >= 0.6 is 0 Å². The Kier molecular flexibility index (Phi) is 16.5. The molecular weight excluding hydrogens is 919 g/mol. The summed E-state index contributed by atoms with van der Waals surface area (Å²) < 4.78 is 117. The maximum atomic E-state index is 13.8. The molecule has 4 atom stereocenters. The Hall–Kier alpha value is -5.78. The van der Waals surface area contributed by atoms with Gasteiger partial charge in [0.05, 0.1) is 31.0 Å². The van der Waals surface area contributed by atoms with Crippen molar-refractivity contribution in [3.05, 3.63) is 132 Å². The van der Waals surface area contributed by atoms with Gasteiger partial charge in [0.15, 0.2) is 5.78 Å². The fourth-order valence-electron chi connectivity index (χ4n) is 7.99. The lowest BCUT2D eigenvalue weighted by atomic mass is 10.1. The first-order valence-corrected chi connectivity index (χ1v) is 24.1. The number of carbonyl (C=O) groups is 2. The number of aromatic nitrogens is 2. The van der Waals surface area contributed by atoms with Crippen molar-refractivity contribution in [1.82, 2.24) is 29.0 Å². The third-order valence-corrected chi connectivity index (χ3v) is 14.8. The predicted octanol–water partition coefficient (Wildman–Crippen LogP) is 5.87. The zero-order chi connectivity index (χ0) is 48.6. The van der Waals surface area contributed by atoms with Crippen LogP contribution in [0.25, 0.3) is 11.5 Å². The van der Waals surface area contributed by atoms with Crippen LogP contribution in [-0.2, 0) is 38.3 Å². The number of nitrogens with two attached hydrogens (primary N) is 1. The lowest BCUT2D eigenvalue weighted by Gasteiger charge is -2.44. The number of anilines is 2. The topological polar surface area (TPSA) is 196 Å². The highest BCUT2D eigenvalue weighted by Gasteiger charge is 2.42. The molecule has 0 bridgehead atoms. The Morgan fingerprint density at radius 2 is 1.13 bits per heavy atom. The SMILES string of the molecule is C[C@@H]1CN(S(=O)(=O)N(Cc2ccc(-c3nnc(C(F)F)o3)cc2)c2ccccc2)C[C@H](C)N1C(=O)C(F)F.C[C@@H]1CN(S(=O)(=O)N(Cc2ccc(C(=O)CN)cc2)c2ccccc2)C[C@H](C)N1. The van der Waals surface area contributed by atoms with Gasteiger partial charge in [-0.3, -0.25) is 18.2 Å². The van der Waals surface area contributed by atoms with Gasteiger partial charge in [-0.25, -0.2) is 0 Å². The Balaban J connectivity index is 0.000000229. The number of Topliss-reactive ketones (excluding diaryl/α,β-unsaturated/α-hetero) is 1. The van der Waals surface area contributed by atoms with E-state index in [1.54, 1.807) is 91.0 Å². The van der Waals surface area contributed by atoms with Gasteiger partial charge < -0.3 is 20.4 Å². The molecule has 0 unspecified atom stereocenters. The summed E-state index contributed by atoms with van der Waals surface area (Å²) in [5.41, 5.74) is 8.66. The van der Waals surface area contributed by atoms with Gasteiger partial charge in [-0.05, 0) is 75.2 Å². The molecule has 4 aromatic carbocycles. The maximum absolute atomic E-state index is 13.8. The number of amides is 1. The first-order valence-electron chi connectivity index (χ1n) is 21.3. The van der Waals surface area contributed by atoms with E-state index >= 15 is 0 Å². The molecule has 5 aromatic rings. The minimum atomic E-state index is -4.16. The molecule has 0 aliphatic carbocycles. The molecule has 1 aromatic heterocycles. The minimum absolute atomic E-state index is 0.0524. The highest BCUT2D eigenvalue weighted by atomic mass is 32.2. The highest BCUT2D eigenvalue weighted by Crippen LogP contribution is 2.30. The number of halogens is 4. The van der Waals surface area contributed by atoms with Gasteiger partial charge >= 0.3 is 33.3 Å². The second-order valence-corrected chi connectivity index (χ2v) is 20.0. The van der Waals surface area contributed by atoms with Crippen molar-refractivity contribution in [2.45, 2.75) is 77.8 Å². The molecule has 22 heteroatoms. The van der Waals surface area contributed by atoms with Crippen LogP contribution in [0.1, 0.15) is 61.5 Å². The number of hydrogen-bond acceptors (Lipinski definition) is 11. The monoisotopic (exact) mass is 971 g/mol. The number of alkyl halides is 4. The van der Waals surface area contributed by atoms with E-state index in [0.717, 1.165) is 10.5 Å². The number of rotatable bonds is 15. The van der Waals surface area contributed by atoms with Crippen LogP contribution in [0.4, 0.5) is 28.9 Å². The fourth-order valence-corrected chi connectivity index (χ4v) is 11.6. The number of benzene rings is 4. The number of hydrogen-bond donors (Lipinski definition) is 2. The van der Waals surface area contributed by atoms with Crippen LogP contribution in [-0.4, -0.2) is 116 Å². The van der Waals surface area contributed by atoms with E-state index < -0.39 is 57.2 Å². The molecule has 2 saturated heterocycles. The van der Waals surface area contributed by atoms with Crippen LogP contribution in [0.15, 0.2) is 114 Å². The number of ketones is 1. The molecule has 1 amide bonds. The van der Waals surface area contributed by atoms with E-state index in [1.807, 2.05) is 32.0 Å². The molecule has 2 fully saturated rings. The van der Waals surface area contributed by atoms with Crippen molar-refractivity contribution in [1.29, 1.82) is 0 Å². The zero-order valence-electron chi connectivity index (χ0n) is 37.2. The average molecular weight is 972 g/mol. The Morgan fingerprint density at radius 1 is 0.687 bits per heavy atom. The summed E-state index contributed by atoms with van der Waals surface area (Å²) in [6, 6.07) is 29.3. The Labute approximate surface area is 387 Å². The fraction of sp³-hybridized carbons (Fsp3) is 0.378. The predicted molar refractivity (Wildman–Crippen MR) is 245 cm³/mol. The molecule has 2 aliphatic rings. The van der Waals surface area contributed by atoms with E-state index in [0.29, 0.717) is 41.2 Å². The highest BCUT2D eigenvalue weighted by molar-refractivity contribution is 7.90. The number of para-hydroxylation sites is 2. The van der Waals surface area contributed by atoms with Gasteiger partial charge in [0.1, 0.15) is 0 Å². The van der Waals surface area contributed by atoms with Gasteiger partial charge in [0.2, 0.25) is 5.89 Å². The van der Waals surface area contributed by atoms with Crippen molar-refractivity contribution < 1.29 is 48.4 Å². The third-order valence-electron chi connectivity index (χ3n) is 11.1. The molecule has 0 spiro atoms. The standard InChI is InChI=1S/C24H25F4N5O4S.C21H28N4O3S/c1-15-12-31(13-16(2)33(15)24(34)21(27)28)38(35,36)32(19-6-4-3-5-7-19)14-17-8-10-18(11-9-17)22-29-30-23(37-22)20(25)26;1-16-13-24(14-17(2)23-16)29(27,28)25(20-6-4-3-5-7-20)15-18-8-10-19(11-9-18)21(26)12-22/h3-11,15-16,20-21H,12-14H2,1-2H3;3-11,16-17,23H,12-15,22H2,1-2H3/t15-,16+;16-,17+. The molecule has 3 heterocycles. The molecule has 360 valence electrons. The van der Waals surface area contributed by atoms with Gasteiger partial charge in [-0.2, -0.15) is 43.0 Å². The van der Waals surface area contributed by atoms with Gasteiger partial charge in [0, 0.05) is 61.5 Å². The molecule has 0 radical (unpaired) electrons. The lowest BCUT2D eigenvalue weighted by Crippen LogP contribution is -2.62.